The minimum Gasteiger partial charge on any atom is -0.373 e. The molecule has 2 rings (SSSR count). The molecule has 0 bridgehead atoms. The van der Waals surface area contributed by atoms with Crippen LogP contribution in [0.5, 0.6) is 0 Å². The standard InChI is InChI=1S/C13H26N2O/c1-10-8-15(9-11(2)16-10)7-6-14-12(3)13-4-5-13/h10-14H,4-9H2,1-3H3. The van der Waals surface area contributed by atoms with Crippen molar-refractivity contribution in [2.75, 3.05) is 26.2 Å². The van der Waals surface area contributed by atoms with Crippen LogP contribution in [-0.4, -0.2) is 49.3 Å². The molecule has 1 N–H and O–H groups in total. The molecule has 1 saturated heterocycles. The van der Waals surface area contributed by atoms with E-state index in [4.69, 9.17) is 4.74 Å². The van der Waals surface area contributed by atoms with E-state index in [-0.39, 0.29) is 0 Å². The van der Waals surface area contributed by atoms with Crippen molar-refractivity contribution in [1.29, 1.82) is 0 Å². The lowest BCUT2D eigenvalue weighted by atomic mass is 10.2. The normalized spacial score (nSPS) is 33.9. The average Bonchev–Trinajstić information content (AvgIpc) is 2.98. The minimum atomic E-state index is 0.393. The Kier molecular flexibility index (Phi) is 4.22. The molecule has 0 amide bonds. The molecule has 3 nitrogen and oxygen atoms in total. The number of rotatable bonds is 5. The zero-order chi connectivity index (χ0) is 11.5. The fourth-order valence-electron chi connectivity index (χ4n) is 2.68. The molecule has 94 valence electrons. The highest BCUT2D eigenvalue weighted by molar-refractivity contribution is 4.83. The van der Waals surface area contributed by atoms with E-state index >= 15 is 0 Å². The maximum absolute atomic E-state index is 5.73. The molecule has 0 aromatic rings. The lowest BCUT2D eigenvalue weighted by Gasteiger charge is -2.35. The maximum atomic E-state index is 5.73. The van der Waals surface area contributed by atoms with Crippen molar-refractivity contribution in [1.82, 2.24) is 10.2 Å². The van der Waals surface area contributed by atoms with E-state index in [0.29, 0.717) is 12.2 Å². The Bertz CT molecular complexity index is 208. The quantitative estimate of drug-likeness (QED) is 0.768. The Balaban J connectivity index is 1.61. The van der Waals surface area contributed by atoms with Gasteiger partial charge in [0.05, 0.1) is 12.2 Å². The number of nitrogens with one attached hydrogen (secondary N) is 1. The van der Waals surface area contributed by atoms with E-state index in [1.807, 2.05) is 0 Å². The van der Waals surface area contributed by atoms with Crippen LogP contribution in [0.25, 0.3) is 0 Å². The van der Waals surface area contributed by atoms with E-state index in [9.17, 15) is 0 Å². The van der Waals surface area contributed by atoms with Gasteiger partial charge in [-0.05, 0) is 39.5 Å². The first kappa shape index (κ1) is 12.3. The van der Waals surface area contributed by atoms with Crippen LogP contribution < -0.4 is 5.32 Å². The monoisotopic (exact) mass is 226 g/mol. The maximum Gasteiger partial charge on any atom is 0.0678 e. The van der Waals surface area contributed by atoms with Crippen LogP contribution >= 0.6 is 0 Å². The highest BCUT2D eigenvalue weighted by Crippen LogP contribution is 2.32. The summed E-state index contributed by atoms with van der Waals surface area (Å²) in [4.78, 5) is 2.52. The summed E-state index contributed by atoms with van der Waals surface area (Å²) in [6, 6.07) is 0.718. The summed E-state index contributed by atoms with van der Waals surface area (Å²) in [5, 5.41) is 3.64. The molecule has 2 fully saturated rings. The Hall–Kier alpha value is -0.120. The van der Waals surface area contributed by atoms with Gasteiger partial charge in [-0.25, -0.2) is 0 Å². The van der Waals surface area contributed by atoms with Crippen LogP contribution in [0.15, 0.2) is 0 Å². The van der Waals surface area contributed by atoms with Gasteiger partial charge in [-0.3, -0.25) is 4.90 Å². The first-order valence-corrected chi connectivity index (χ1v) is 6.76. The summed E-state index contributed by atoms with van der Waals surface area (Å²) in [6.45, 7) is 11.1. The molecule has 1 heterocycles. The summed E-state index contributed by atoms with van der Waals surface area (Å²) in [5.74, 6) is 0.961. The Morgan fingerprint density at radius 1 is 1.25 bits per heavy atom. The molecule has 3 atom stereocenters. The summed E-state index contributed by atoms with van der Waals surface area (Å²) in [5.41, 5.74) is 0. The van der Waals surface area contributed by atoms with E-state index in [2.05, 4.69) is 31.0 Å². The molecular formula is C13H26N2O. The van der Waals surface area contributed by atoms with Gasteiger partial charge < -0.3 is 10.1 Å². The number of hydrogen-bond acceptors (Lipinski definition) is 3. The molecule has 0 aromatic carbocycles. The molecule has 0 spiro atoms. The molecule has 1 saturated carbocycles. The van der Waals surface area contributed by atoms with Crippen molar-refractivity contribution < 1.29 is 4.74 Å². The SMILES string of the molecule is CC1CN(CCNC(C)C2CC2)CC(C)O1. The first-order chi connectivity index (χ1) is 7.65. The van der Waals surface area contributed by atoms with Gasteiger partial charge in [-0.1, -0.05) is 0 Å². The zero-order valence-electron chi connectivity index (χ0n) is 10.9. The van der Waals surface area contributed by atoms with Gasteiger partial charge in [0.2, 0.25) is 0 Å². The predicted molar refractivity (Wildman–Crippen MR) is 66.6 cm³/mol. The molecule has 0 radical (unpaired) electrons. The second-order valence-corrected chi connectivity index (χ2v) is 5.60. The van der Waals surface area contributed by atoms with Crippen LogP contribution in [-0.2, 0) is 4.74 Å². The van der Waals surface area contributed by atoms with Crippen LogP contribution in [0.4, 0.5) is 0 Å². The number of ether oxygens (including phenoxy) is 1. The van der Waals surface area contributed by atoms with Gasteiger partial charge in [0.1, 0.15) is 0 Å². The fourth-order valence-corrected chi connectivity index (χ4v) is 2.68. The predicted octanol–water partition coefficient (Wildman–Crippen LogP) is 1.48. The molecule has 16 heavy (non-hydrogen) atoms. The highest BCUT2D eigenvalue weighted by Gasteiger charge is 2.27. The Labute approximate surface area is 99.5 Å². The van der Waals surface area contributed by atoms with Crippen LogP contribution in [0.3, 0.4) is 0 Å². The van der Waals surface area contributed by atoms with Crippen molar-refractivity contribution in [3.63, 3.8) is 0 Å². The van der Waals surface area contributed by atoms with Crippen molar-refractivity contribution in [2.24, 2.45) is 5.92 Å². The third-order valence-electron chi connectivity index (χ3n) is 3.72. The molecule has 2 aliphatic rings. The van der Waals surface area contributed by atoms with Gasteiger partial charge in [0.25, 0.3) is 0 Å². The fraction of sp³-hybridized carbons (Fsp3) is 1.00. The van der Waals surface area contributed by atoms with Gasteiger partial charge in [-0.2, -0.15) is 0 Å². The topological polar surface area (TPSA) is 24.5 Å². The first-order valence-electron chi connectivity index (χ1n) is 6.76. The second-order valence-electron chi connectivity index (χ2n) is 5.60. The van der Waals surface area contributed by atoms with Crippen molar-refractivity contribution in [3.8, 4) is 0 Å². The van der Waals surface area contributed by atoms with E-state index in [1.165, 1.54) is 12.8 Å². The minimum absolute atomic E-state index is 0.393. The summed E-state index contributed by atoms with van der Waals surface area (Å²) >= 11 is 0. The Morgan fingerprint density at radius 2 is 1.88 bits per heavy atom. The van der Waals surface area contributed by atoms with E-state index in [1.54, 1.807) is 0 Å². The van der Waals surface area contributed by atoms with Crippen molar-refractivity contribution >= 4 is 0 Å². The van der Waals surface area contributed by atoms with Crippen LogP contribution in [0, 0.1) is 5.92 Å². The van der Waals surface area contributed by atoms with Gasteiger partial charge in [-0.15, -0.1) is 0 Å². The molecule has 1 aliphatic carbocycles. The zero-order valence-corrected chi connectivity index (χ0v) is 10.9. The van der Waals surface area contributed by atoms with Crippen molar-refractivity contribution in [2.45, 2.75) is 51.9 Å². The van der Waals surface area contributed by atoms with Crippen molar-refractivity contribution in [3.05, 3.63) is 0 Å². The smallest absolute Gasteiger partial charge is 0.0678 e. The van der Waals surface area contributed by atoms with Crippen LogP contribution in [0.1, 0.15) is 33.6 Å². The Morgan fingerprint density at radius 3 is 2.44 bits per heavy atom. The number of nitrogens with zero attached hydrogens (tertiary/aromatic N) is 1. The molecule has 0 aromatic heterocycles. The lowest BCUT2D eigenvalue weighted by Crippen LogP contribution is -2.48. The third kappa shape index (κ3) is 3.72. The van der Waals surface area contributed by atoms with E-state index in [0.717, 1.165) is 38.1 Å². The molecule has 3 unspecified atom stereocenters. The summed E-state index contributed by atoms with van der Waals surface area (Å²) < 4.78 is 5.73. The second kappa shape index (κ2) is 5.48. The number of hydrogen-bond donors (Lipinski definition) is 1. The van der Waals surface area contributed by atoms with Crippen LogP contribution in [0.2, 0.25) is 0 Å². The summed E-state index contributed by atoms with van der Waals surface area (Å²) in [6.07, 6.45) is 3.65. The molecular weight excluding hydrogens is 200 g/mol. The van der Waals surface area contributed by atoms with Gasteiger partial charge in [0, 0.05) is 32.2 Å². The van der Waals surface area contributed by atoms with Gasteiger partial charge >= 0.3 is 0 Å². The third-order valence-corrected chi connectivity index (χ3v) is 3.72. The molecule has 3 heteroatoms. The number of morpholine rings is 1. The summed E-state index contributed by atoms with van der Waals surface area (Å²) in [7, 11) is 0. The van der Waals surface area contributed by atoms with Gasteiger partial charge in [0.15, 0.2) is 0 Å². The lowest BCUT2D eigenvalue weighted by molar-refractivity contribution is -0.0675. The average molecular weight is 226 g/mol. The largest absolute Gasteiger partial charge is 0.373 e. The molecule has 1 aliphatic heterocycles. The highest BCUT2D eigenvalue weighted by atomic mass is 16.5. The van der Waals surface area contributed by atoms with E-state index < -0.39 is 0 Å².